The minimum absolute atomic E-state index is 0.0374. The lowest BCUT2D eigenvalue weighted by Gasteiger charge is -2.22. The third-order valence-corrected chi connectivity index (χ3v) is 3.73. The molecule has 2 nitrogen and oxygen atoms in total. The van der Waals surface area contributed by atoms with Crippen LogP contribution in [0.4, 0.5) is 4.39 Å². The SMILES string of the molecule is O=C(CCC1CCCCO1)Cc1cccc(Cl)c1F. The van der Waals surface area contributed by atoms with Gasteiger partial charge in [-0.15, -0.1) is 0 Å². The molecule has 1 aliphatic rings. The van der Waals surface area contributed by atoms with Crippen molar-refractivity contribution in [2.75, 3.05) is 6.61 Å². The van der Waals surface area contributed by atoms with E-state index in [1.54, 1.807) is 12.1 Å². The van der Waals surface area contributed by atoms with Crippen LogP contribution in [0.1, 0.15) is 37.7 Å². The van der Waals surface area contributed by atoms with Crippen LogP contribution in [-0.4, -0.2) is 18.5 Å². The summed E-state index contributed by atoms with van der Waals surface area (Å²) in [5.74, 6) is -0.443. The average molecular weight is 285 g/mol. The molecule has 0 radical (unpaired) electrons. The highest BCUT2D eigenvalue weighted by atomic mass is 35.5. The Balaban J connectivity index is 1.82. The van der Waals surface area contributed by atoms with Crippen LogP contribution in [0.3, 0.4) is 0 Å². The monoisotopic (exact) mass is 284 g/mol. The topological polar surface area (TPSA) is 26.3 Å². The van der Waals surface area contributed by atoms with Crippen molar-refractivity contribution in [3.63, 3.8) is 0 Å². The summed E-state index contributed by atoms with van der Waals surface area (Å²) in [5, 5.41) is 0.0703. The molecule has 1 aromatic carbocycles. The Hall–Kier alpha value is -0.930. The smallest absolute Gasteiger partial charge is 0.145 e. The van der Waals surface area contributed by atoms with Crippen LogP contribution in [-0.2, 0) is 16.0 Å². The van der Waals surface area contributed by atoms with Crippen LogP contribution < -0.4 is 0 Å². The molecule has 1 saturated heterocycles. The van der Waals surface area contributed by atoms with Gasteiger partial charge in [0.25, 0.3) is 0 Å². The highest BCUT2D eigenvalue weighted by molar-refractivity contribution is 6.30. The number of rotatable bonds is 5. The summed E-state index contributed by atoms with van der Waals surface area (Å²) in [6.45, 7) is 0.793. The molecule has 19 heavy (non-hydrogen) atoms. The molecule has 0 saturated carbocycles. The van der Waals surface area contributed by atoms with E-state index in [9.17, 15) is 9.18 Å². The fourth-order valence-electron chi connectivity index (χ4n) is 2.34. The molecule has 0 aliphatic carbocycles. The molecule has 1 atom stereocenters. The number of hydrogen-bond donors (Lipinski definition) is 0. The molecule has 0 spiro atoms. The molecule has 0 bridgehead atoms. The summed E-state index contributed by atoms with van der Waals surface area (Å²) in [5.41, 5.74) is 0.377. The molecule has 1 unspecified atom stereocenters. The van der Waals surface area contributed by atoms with Gasteiger partial charge in [0.05, 0.1) is 11.1 Å². The van der Waals surface area contributed by atoms with E-state index in [0.29, 0.717) is 12.0 Å². The minimum atomic E-state index is -0.480. The maximum atomic E-state index is 13.6. The molecular formula is C15H18ClFO2. The standard InChI is InChI=1S/C15H18ClFO2/c16-14-6-3-4-11(15(14)17)10-12(18)7-8-13-5-1-2-9-19-13/h3-4,6,13H,1-2,5,7-10H2. The number of benzene rings is 1. The van der Waals surface area contributed by atoms with Crippen molar-refractivity contribution in [3.8, 4) is 0 Å². The lowest BCUT2D eigenvalue weighted by Crippen LogP contribution is -2.20. The minimum Gasteiger partial charge on any atom is -0.378 e. The number of carbonyl (C=O) groups is 1. The Labute approximate surface area is 117 Å². The molecular weight excluding hydrogens is 267 g/mol. The van der Waals surface area contributed by atoms with E-state index in [2.05, 4.69) is 0 Å². The molecule has 104 valence electrons. The second-order valence-corrected chi connectivity index (χ2v) is 5.36. The van der Waals surface area contributed by atoms with Gasteiger partial charge in [-0.3, -0.25) is 4.79 Å². The predicted octanol–water partition coefficient (Wildman–Crippen LogP) is 3.94. The van der Waals surface area contributed by atoms with Gasteiger partial charge in [-0.2, -0.15) is 0 Å². The van der Waals surface area contributed by atoms with Gasteiger partial charge >= 0.3 is 0 Å². The van der Waals surface area contributed by atoms with Crippen molar-refractivity contribution in [1.82, 2.24) is 0 Å². The maximum Gasteiger partial charge on any atom is 0.145 e. The van der Waals surface area contributed by atoms with E-state index in [1.807, 2.05) is 0 Å². The first-order valence-corrected chi connectivity index (χ1v) is 7.11. The zero-order valence-electron chi connectivity index (χ0n) is 10.8. The zero-order valence-corrected chi connectivity index (χ0v) is 11.6. The summed E-state index contributed by atoms with van der Waals surface area (Å²) in [6.07, 6.45) is 4.79. The van der Waals surface area contributed by atoms with Crippen molar-refractivity contribution in [2.24, 2.45) is 0 Å². The lowest BCUT2D eigenvalue weighted by atomic mass is 10.00. The number of ether oxygens (including phenoxy) is 1. The molecule has 1 aromatic rings. The van der Waals surface area contributed by atoms with Gasteiger partial charge in [0.15, 0.2) is 0 Å². The van der Waals surface area contributed by atoms with E-state index < -0.39 is 5.82 Å². The zero-order chi connectivity index (χ0) is 13.7. The van der Waals surface area contributed by atoms with Gasteiger partial charge in [-0.25, -0.2) is 4.39 Å². The Morgan fingerprint density at radius 2 is 2.26 bits per heavy atom. The third kappa shape index (κ3) is 4.29. The lowest BCUT2D eigenvalue weighted by molar-refractivity contribution is -0.119. The summed E-state index contributed by atoms with van der Waals surface area (Å²) in [7, 11) is 0. The van der Waals surface area contributed by atoms with Crippen molar-refractivity contribution in [1.29, 1.82) is 0 Å². The Morgan fingerprint density at radius 3 is 3.00 bits per heavy atom. The van der Waals surface area contributed by atoms with Crippen molar-refractivity contribution in [3.05, 3.63) is 34.6 Å². The van der Waals surface area contributed by atoms with Crippen molar-refractivity contribution in [2.45, 2.75) is 44.6 Å². The van der Waals surface area contributed by atoms with E-state index in [0.717, 1.165) is 25.9 Å². The van der Waals surface area contributed by atoms with Gasteiger partial charge < -0.3 is 4.74 Å². The molecule has 1 aliphatic heterocycles. The average Bonchev–Trinajstić information content (AvgIpc) is 2.43. The Bertz CT molecular complexity index is 442. The highest BCUT2D eigenvalue weighted by Crippen LogP contribution is 2.20. The van der Waals surface area contributed by atoms with Crippen LogP contribution in [0.15, 0.2) is 18.2 Å². The van der Waals surface area contributed by atoms with E-state index in [4.69, 9.17) is 16.3 Å². The highest BCUT2D eigenvalue weighted by Gasteiger charge is 2.16. The number of hydrogen-bond acceptors (Lipinski definition) is 2. The fourth-order valence-corrected chi connectivity index (χ4v) is 2.54. The quantitative estimate of drug-likeness (QED) is 0.819. The predicted molar refractivity (Wildman–Crippen MR) is 72.9 cm³/mol. The number of Topliss-reactive ketones (excluding diaryl/α,β-unsaturated/α-hetero) is 1. The first-order chi connectivity index (χ1) is 9.16. The number of carbonyl (C=O) groups excluding carboxylic acids is 1. The fraction of sp³-hybridized carbons (Fsp3) is 0.533. The molecule has 0 N–H and O–H groups in total. The van der Waals surface area contributed by atoms with E-state index >= 15 is 0 Å². The molecule has 1 fully saturated rings. The number of ketones is 1. The third-order valence-electron chi connectivity index (χ3n) is 3.44. The molecule has 1 heterocycles. The molecule has 2 rings (SSSR count). The Morgan fingerprint density at radius 1 is 1.42 bits per heavy atom. The first-order valence-electron chi connectivity index (χ1n) is 6.73. The first kappa shape index (κ1) is 14.5. The van der Waals surface area contributed by atoms with Gasteiger partial charge in [-0.05, 0) is 37.3 Å². The second kappa shape index (κ2) is 7.01. The molecule has 0 aromatic heterocycles. The summed E-state index contributed by atoms with van der Waals surface area (Å²) < 4.78 is 19.2. The molecule has 0 amide bonds. The summed E-state index contributed by atoms with van der Waals surface area (Å²) in [6, 6.07) is 4.76. The van der Waals surface area contributed by atoms with Crippen LogP contribution in [0.25, 0.3) is 0 Å². The van der Waals surface area contributed by atoms with Gasteiger partial charge in [0, 0.05) is 19.4 Å². The normalized spacial score (nSPS) is 19.4. The van der Waals surface area contributed by atoms with Crippen molar-refractivity contribution >= 4 is 17.4 Å². The largest absolute Gasteiger partial charge is 0.378 e. The van der Waals surface area contributed by atoms with Crippen molar-refractivity contribution < 1.29 is 13.9 Å². The molecule has 4 heteroatoms. The Kier molecular flexibility index (Phi) is 5.34. The summed E-state index contributed by atoms with van der Waals surface area (Å²) >= 11 is 5.69. The van der Waals surface area contributed by atoms with Crippen LogP contribution >= 0.6 is 11.6 Å². The van der Waals surface area contributed by atoms with E-state index in [1.165, 1.54) is 12.5 Å². The van der Waals surface area contributed by atoms with Gasteiger partial charge in [0.1, 0.15) is 11.6 Å². The van der Waals surface area contributed by atoms with Crippen LogP contribution in [0.2, 0.25) is 5.02 Å². The van der Waals surface area contributed by atoms with Crippen LogP contribution in [0.5, 0.6) is 0 Å². The van der Waals surface area contributed by atoms with Crippen LogP contribution in [0, 0.1) is 5.82 Å². The second-order valence-electron chi connectivity index (χ2n) is 4.96. The maximum absolute atomic E-state index is 13.6. The summed E-state index contributed by atoms with van der Waals surface area (Å²) in [4.78, 5) is 11.9. The number of halogens is 2. The van der Waals surface area contributed by atoms with E-state index in [-0.39, 0.29) is 23.3 Å². The van der Waals surface area contributed by atoms with Gasteiger partial charge in [-0.1, -0.05) is 23.7 Å². The van der Waals surface area contributed by atoms with Gasteiger partial charge in [0.2, 0.25) is 0 Å².